The Hall–Kier alpha value is -2.28. The zero-order valence-electron chi connectivity index (χ0n) is 10.4. The Morgan fingerprint density at radius 3 is 1.67 bits per heavy atom. The van der Waals surface area contributed by atoms with E-state index in [1.807, 2.05) is 0 Å². The van der Waals surface area contributed by atoms with E-state index in [-0.39, 0.29) is 0 Å². The zero-order valence-corrected chi connectivity index (χ0v) is 10.4. The highest BCUT2D eigenvalue weighted by Crippen LogP contribution is 2.24. The van der Waals surface area contributed by atoms with Gasteiger partial charge in [-0.15, -0.1) is 0 Å². The molecule has 0 unspecified atom stereocenters. The van der Waals surface area contributed by atoms with Gasteiger partial charge in [-0.3, -0.25) is 0 Å². The number of hydrogen-bond acceptors (Lipinski definition) is 1. The van der Waals surface area contributed by atoms with E-state index in [2.05, 4.69) is 79.0 Å². The number of hydrogen-bond donors (Lipinski definition) is 1. The first-order valence-electron chi connectivity index (χ1n) is 6.14. The van der Waals surface area contributed by atoms with Crippen molar-refractivity contribution in [1.82, 2.24) is 0 Å². The predicted octanol–water partition coefficient (Wildman–Crippen LogP) is 4.84. The predicted molar refractivity (Wildman–Crippen MR) is 77.5 cm³/mol. The van der Waals surface area contributed by atoms with Crippen LogP contribution in [0.15, 0.2) is 66.7 Å². The molecule has 1 heteroatoms. The highest BCUT2D eigenvalue weighted by molar-refractivity contribution is 5.69. The second-order valence-electron chi connectivity index (χ2n) is 4.55. The summed E-state index contributed by atoms with van der Waals surface area (Å²) in [6, 6.07) is 23.3. The number of fused-ring (bicyclic) bond motifs is 1. The molecule has 1 aromatic carbocycles. The lowest BCUT2D eigenvalue weighted by Gasteiger charge is -2.04. The summed E-state index contributed by atoms with van der Waals surface area (Å²) < 4.78 is 0. The van der Waals surface area contributed by atoms with Crippen molar-refractivity contribution < 1.29 is 0 Å². The van der Waals surface area contributed by atoms with Crippen LogP contribution in [0, 0.1) is 6.92 Å². The van der Waals surface area contributed by atoms with E-state index in [9.17, 15) is 0 Å². The number of nitrogens with one attached hydrogen (secondary N) is 1. The van der Waals surface area contributed by atoms with E-state index in [0.29, 0.717) is 0 Å². The number of benzene rings is 1. The Bertz CT molecular complexity index is 595. The van der Waals surface area contributed by atoms with E-state index in [4.69, 9.17) is 0 Å². The fourth-order valence-electron chi connectivity index (χ4n) is 2.05. The minimum atomic E-state index is 1.11. The summed E-state index contributed by atoms with van der Waals surface area (Å²) in [5.41, 5.74) is 6.04. The van der Waals surface area contributed by atoms with Crippen LogP contribution >= 0.6 is 0 Å². The molecule has 2 aliphatic carbocycles. The van der Waals surface area contributed by atoms with Gasteiger partial charge in [0.05, 0.1) is 0 Å². The SMILES string of the molecule is Cc1ccc(Nc2ccc3cccc-3cc2)cc1. The molecule has 0 saturated heterocycles. The molecule has 0 saturated carbocycles. The molecule has 88 valence electrons. The van der Waals surface area contributed by atoms with Gasteiger partial charge in [0.2, 0.25) is 0 Å². The summed E-state index contributed by atoms with van der Waals surface area (Å²) in [5, 5.41) is 3.42. The van der Waals surface area contributed by atoms with Crippen LogP contribution in [0.4, 0.5) is 11.4 Å². The van der Waals surface area contributed by atoms with Gasteiger partial charge in [-0.1, -0.05) is 48.0 Å². The van der Waals surface area contributed by atoms with Crippen LogP contribution in [0.1, 0.15) is 5.56 Å². The summed E-state index contributed by atoms with van der Waals surface area (Å²) in [7, 11) is 0. The maximum atomic E-state index is 3.42. The first kappa shape index (κ1) is 10.8. The quantitative estimate of drug-likeness (QED) is 0.667. The van der Waals surface area contributed by atoms with Crippen molar-refractivity contribution in [3.8, 4) is 11.1 Å². The minimum absolute atomic E-state index is 1.11. The molecule has 3 rings (SSSR count). The smallest absolute Gasteiger partial charge is 0.0384 e. The van der Waals surface area contributed by atoms with Crippen LogP contribution in [0.5, 0.6) is 0 Å². The van der Waals surface area contributed by atoms with E-state index in [1.54, 1.807) is 0 Å². The fraction of sp³-hybridized carbons (Fsp3) is 0.0588. The second kappa shape index (κ2) is 4.53. The summed E-state index contributed by atoms with van der Waals surface area (Å²) in [6.45, 7) is 2.10. The molecule has 1 N–H and O–H groups in total. The Kier molecular flexibility index (Phi) is 2.73. The van der Waals surface area contributed by atoms with Gasteiger partial charge in [0.15, 0.2) is 0 Å². The van der Waals surface area contributed by atoms with Crippen molar-refractivity contribution in [2.24, 2.45) is 0 Å². The molecule has 2 aliphatic rings. The Labute approximate surface area is 107 Å². The van der Waals surface area contributed by atoms with Crippen molar-refractivity contribution >= 4 is 11.4 Å². The van der Waals surface area contributed by atoms with Crippen molar-refractivity contribution in [2.45, 2.75) is 6.92 Å². The van der Waals surface area contributed by atoms with Gasteiger partial charge >= 0.3 is 0 Å². The molecular weight excluding hydrogens is 218 g/mol. The Morgan fingerprint density at radius 1 is 0.611 bits per heavy atom. The molecular formula is C17H15N. The topological polar surface area (TPSA) is 12.0 Å². The van der Waals surface area contributed by atoms with E-state index < -0.39 is 0 Å². The largest absolute Gasteiger partial charge is 0.356 e. The van der Waals surface area contributed by atoms with Crippen molar-refractivity contribution in [3.63, 3.8) is 0 Å². The average Bonchev–Trinajstić information content (AvgIpc) is 2.75. The summed E-state index contributed by atoms with van der Waals surface area (Å²) >= 11 is 0. The molecule has 0 aromatic heterocycles. The minimum Gasteiger partial charge on any atom is -0.356 e. The molecule has 1 nitrogen and oxygen atoms in total. The first-order valence-corrected chi connectivity index (χ1v) is 6.14. The maximum absolute atomic E-state index is 3.42. The average molecular weight is 233 g/mol. The van der Waals surface area contributed by atoms with Crippen molar-refractivity contribution in [1.29, 1.82) is 0 Å². The molecule has 0 fully saturated rings. The number of anilines is 2. The number of rotatable bonds is 2. The van der Waals surface area contributed by atoms with Crippen molar-refractivity contribution in [3.05, 3.63) is 72.3 Å². The molecule has 0 amide bonds. The third-order valence-electron chi connectivity index (χ3n) is 3.11. The van der Waals surface area contributed by atoms with Gasteiger partial charge in [0, 0.05) is 11.4 Å². The molecule has 0 bridgehead atoms. The fourth-order valence-corrected chi connectivity index (χ4v) is 2.05. The molecule has 0 atom stereocenters. The Morgan fingerprint density at radius 2 is 1.11 bits per heavy atom. The Balaban J connectivity index is 1.90. The lowest BCUT2D eigenvalue weighted by atomic mass is 10.2. The normalized spacial score (nSPS) is 10.5. The molecule has 0 radical (unpaired) electrons. The lowest BCUT2D eigenvalue weighted by molar-refractivity contribution is 1.46. The third-order valence-corrected chi connectivity index (χ3v) is 3.11. The first-order chi connectivity index (χ1) is 8.81. The van der Waals surface area contributed by atoms with Crippen LogP contribution in [-0.4, -0.2) is 0 Å². The third kappa shape index (κ3) is 2.21. The van der Waals surface area contributed by atoms with Crippen molar-refractivity contribution in [2.75, 3.05) is 5.32 Å². The molecule has 1 aromatic rings. The van der Waals surface area contributed by atoms with Gasteiger partial charge < -0.3 is 5.32 Å². The summed E-state index contributed by atoms with van der Waals surface area (Å²) in [6.07, 6.45) is 0. The van der Waals surface area contributed by atoms with Crippen LogP contribution in [-0.2, 0) is 0 Å². The van der Waals surface area contributed by atoms with E-state index in [0.717, 1.165) is 11.4 Å². The zero-order chi connectivity index (χ0) is 12.4. The standard InChI is InChI=1S/C17H15N/c1-13-5-9-16(10-6-13)18-17-11-7-14-3-2-4-15(14)8-12-17/h2-12,18H,1H3. The van der Waals surface area contributed by atoms with Gasteiger partial charge in [0.25, 0.3) is 0 Å². The lowest BCUT2D eigenvalue weighted by Crippen LogP contribution is -1.87. The maximum Gasteiger partial charge on any atom is 0.0384 e. The summed E-state index contributed by atoms with van der Waals surface area (Å²) in [5.74, 6) is 0. The van der Waals surface area contributed by atoms with Crippen LogP contribution in [0.3, 0.4) is 0 Å². The van der Waals surface area contributed by atoms with Crippen LogP contribution < -0.4 is 5.32 Å². The highest BCUT2D eigenvalue weighted by atomic mass is 14.9. The van der Waals surface area contributed by atoms with E-state index >= 15 is 0 Å². The molecule has 18 heavy (non-hydrogen) atoms. The van der Waals surface area contributed by atoms with Crippen LogP contribution in [0.25, 0.3) is 11.1 Å². The second-order valence-corrected chi connectivity index (χ2v) is 4.55. The van der Waals surface area contributed by atoms with Gasteiger partial charge in [-0.2, -0.15) is 0 Å². The van der Waals surface area contributed by atoms with Gasteiger partial charge in [-0.25, -0.2) is 0 Å². The van der Waals surface area contributed by atoms with Crippen LogP contribution in [0.2, 0.25) is 0 Å². The summed E-state index contributed by atoms with van der Waals surface area (Å²) in [4.78, 5) is 0. The van der Waals surface area contributed by atoms with Gasteiger partial charge in [-0.05, 0) is 42.3 Å². The molecule has 0 heterocycles. The highest BCUT2D eigenvalue weighted by Gasteiger charge is 1.99. The molecule has 0 spiro atoms. The van der Waals surface area contributed by atoms with E-state index in [1.165, 1.54) is 16.7 Å². The monoisotopic (exact) mass is 233 g/mol. The number of aryl methyl sites for hydroxylation is 1. The molecule has 0 aliphatic heterocycles. The van der Waals surface area contributed by atoms with Gasteiger partial charge in [0.1, 0.15) is 0 Å².